The second-order valence-corrected chi connectivity index (χ2v) is 9.15. The van der Waals surface area contributed by atoms with Crippen molar-refractivity contribution >= 4 is 0 Å². The summed E-state index contributed by atoms with van der Waals surface area (Å²) >= 11 is 0. The quantitative estimate of drug-likeness (QED) is 0.468. The van der Waals surface area contributed by atoms with E-state index in [9.17, 15) is 22.7 Å². The molecule has 2 aromatic carbocycles. The molecule has 1 atom stereocenters. The number of hydrogen-bond donors (Lipinski definition) is 1. The summed E-state index contributed by atoms with van der Waals surface area (Å²) in [4.78, 5) is 3.69. The first-order valence-electron chi connectivity index (χ1n) is 10.4. The summed E-state index contributed by atoms with van der Waals surface area (Å²) in [6, 6.07) is 7.89. The molecule has 1 heterocycles. The molecule has 34 heavy (non-hydrogen) atoms. The van der Waals surface area contributed by atoms with E-state index in [0.717, 1.165) is 29.5 Å². The van der Waals surface area contributed by atoms with E-state index in [-0.39, 0.29) is 25.0 Å². The van der Waals surface area contributed by atoms with Crippen LogP contribution in [-0.2, 0) is 17.6 Å². The fourth-order valence-electron chi connectivity index (χ4n) is 5.58. The highest BCUT2D eigenvalue weighted by molar-refractivity contribution is 5.44. The minimum absolute atomic E-state index is 0.00450. The van der Waals surface area contributed by atoms with Crippen LogP contribution in [0.15, 0.2) is 55.1 Å². The third kappa shape index (κ3) is 3.20. The van der Waals surface area contributed by atoms with Crippen molar-refractivity contribution in [3.05, 3.63) is 77.9 Å². The van der Waals surface area contributed by atoms with E-state index in [4.69, 9.17) is 0 Å². The third-order valence-corrected chi connectivity index (χ3v) is 7.14. The zero-order valence-corrected chi connectivity index (χ0v) is 17.6. The van der Waals surface area contributed by atoms with Crippen molar-refractivity contribution in [2.45, 2.75) is 49.4 Å². The largest absolute Gasteiger partial charge is 0.435 e. The molecule has 0 unspecified atom stereocenters. The van der Waals surface area contributed by atoms with Crippen molar-refractivity contribution < 1.29 is 36.2 Å². The minimum Gasteiger partial charge on any atom is -0.435 e. The van der Waals surface area contributed by atoms with E-state index < -0.39 is 52.7 Å². The lowest BCUT2D eigenvalue weighted by atomic mass is 9.30. The Morgan fingerprint density at radius 2 is 1.74 bits per heavy atom. The standard InChI is InChI=1S/C23H19F6N3O2/c24-15-3-6-17(18(25)7-15)22(33,11-32-13-30-12-31-32)23(28,29)21-8-20(9-21,10-21)14-1-4-16(5-2-14)34-19(26)27/h1-7,12-13,19,33H,8-11H2/t20?,21?,22-/m0/s1. The molecule has 0 radical (unpaired) electrons. The number of aliphatic hydroxyl groups is 1. The number of nitrogens with zero attached hydrogens (tertiary/aromatic N) is 3. The smallest absolute Gasteiger partial charge is 0.387 e. The van der Waals surface area contributed by atoms with Gasteiger partial charge < -0.3 is 9.84 Å². The monoisotopic (exact) mass is 483 g/mol. The Hall–Kier alpha value is -3.08. The van der Waals surface area contributed by atoms with Gasteiger partial charge >= 0.3 is 6.61 Å². The van der Waals surface area contributed by atoms with E-state index in [0.29, 0.717) is 11.6 Å². The van der Waals surface area contributed by atoms with E-state index in [2.05, 4.69) is 14.8 Å². The van der Waals surface area contributed by atoms with Crippen LogP contribution in [0.1, 0.15) is 30.4 Å². The molecule has 0 amide bonds. The molecule has 180 valence electrons. The number of aromatic nitrogens is 3. The van der Waals surface area contributed by atoms with Crippen LogP contribution in [0.4, 0.5) is 26.3 Å². The number of benzene rings is 2. The first-order valence-corrected chi connectivity index (χ1v) is 10.4. The van der Waals surface area contributed by atoms with Crippen LogP contribution >= 0.6 is 0 Å². The van der Waals surface area contributed by atoms with Crippen molar-refractivity contribution in [3.8, 4) is 5.75 Å². The molecule has 0 spiro atoms. The maximum atomic E-state index is 16.1. The average Bonchev–Trinajstić information content (AvgIpc) is 3.19. The first-order chi connectivity index (χ1) is 16.0. The maximum absolute atomic E-state index is 16.1. The van der Waals surface area contributed by atoms with Crippen LogP contribution in [0.5, 0.6) is 5.75 Å². The van der Waals surface area contributed by atoms with Gasteiger partial charge in [-0.25, -0.2) is 27.2 Å². The van der Waals surface area contributed by atoms with Gasteiger partial charge in [0.15, 0.2) is 5.60 Å². The van der Waals surface area contributed by atoms with E-state index >= 15 is 8.78 Å². The highest BCUT2D eigenvalue weighted by atomic mass is 19.3. The highest BCUT2D eigenvalue weighted by Gasteiger charge is 2.82. The molecular formula is C23H19F6N3O2. The molecule has 1 N–H and O–H groups in total. The van der Waals surface area contributed by atoms with Crippen molar-refractivity contribution in [2.24, 2.45) is 5.41 Å². The molecular weight excluding hydrogens is 464 g/mol. The molecule has 3 aromatic rings. The van der Waals surface area contributed by atoms with Crippen LogP contribution in [0.25, 0.3) is 0 Å². The van der Waals surface area contributed by atoms with E-state index in [1.165, 1.54) is 12.1 Å². The van der Waals surface area contributed by atoms with Crippen LogP contribution in [-0.4, -0.2) is 32.4 Å². The number of alkyl halides is 4. The Morgan fingerprint density at radius 3 is 2.29 bits per heavy atom. The van der Waals surface area contributed by atoms with Crippen LogP contribution in [0, 0.1) is 17.0 Å². The summed E-state index contributed by atoms with van der Waals surface area (Å²) < 4.78 is 90.4. The SMILES string of the molecule is O[C@@](Cn1cncn1)(c1ccc(F)cc1F)C(F)(F)C12CC(c3ccc(OC(F)F)cc3)(C1)C2. The van der Waals surface area contributed by atoms with Crippen molar-refractivity contribution in [3.63, 3.8) is 0 Å². The topological polar surface area (TPSA) is 60.2 Å². The lowest BCUT2D eigenvalue weighted by Crippen LogP contribution is -2.76. The molecule has 5 nitrogen and oxygen atoms in total. The van der Waals surface area contributed by atoms with Crippen molar-refractivity contribution in [2.75, 3.05) is 0 Å². The summed E-state index contributed by atoms with van der Waals surface area (Å²) in [7, 11) is 0. The van der Waals surface area contributed by atoms with Gasteiger partial charge in [0, 0.05) is 17.0 Å². The average molecular weight is 483 g/mol. The lowest BCUT2D eigenvalue weighted by Gasteiger charge is -2.74. The van der Waals surface area contributed by atoms with Gasteiger partial charge in [0.25, 0.3) is 5.92 Å². The zero-order valence-electron chi connectivity index (χ0n) is 17.6. The summed E-state index contributed by atoms with van der Waals surface area (Å²) in [6.45, 7) is -3.77. The third-order valence-electron chi connectivity index (χ3n) is 7.14. The predicted octanol–water partition coefficient (Wildman–Crippen LogP) is 4.80. The minimum atomic E-state index is -3.81. The molecule has 6 rings (SSSR count). The zero-order chi connectivity index (χ0) is 24.4. The molecule has 11 heteroatoms. The molecule has 3 saturated carbocycles. The molecule has 1 aromatic heterocycles. The number of halogens is 6. The number of ether oxygens (including phenoxy) is 1. The Balaban J connectivity index is 1.44. The van der Waals surface area contributed by atoms with Gasteiger partial charge in [-0.2, -0.15) is 13.9 Å². The van der Waals surface area contributed by atoms with Gasteiger partial charge in [-0.15, -0.1) is 0 Å². The van der Waals surface area contributed by atoms with Crippen molar-refractivity contribution in [1.82, 2.24) is 14.8 Å². The highest BCUT2D eigenvalue weighted by Crippen LogP contribution is 2.80. The normalized spacial score (nSPS) is 25.4. The van der Waals surface area contributed by atoms with Crippen LogP contribution in [0.2, 0.25) is 0 Å². The second-order valence-electron chi connectivity index (χ2n) is 9.15. The first kappa shape index (κ1) is 22.7. The fraction of sp³-hybridized carbons (Fsp3) is 0.391. The maximum Gasteiger partial charge on any atom is 0.387 e. The van der Waals surface area contributed by atoms with Gasteiger partial charge in [0.05, 0.1) is 6.54 Å². The molecule has 0 aliphatic heterocycles. The van der Waals surface area contributed by atoms with Crippen LogP contribution < -0.4 is 4.74 Å². The van der Waals surface area contributed by atoms with Crippen molar-refractivity contribution in [1.29, 1.82) is 0 Å². The number of hydrogen-bond acceptors (Lipinski definition) is 4. The Morgan fingerprint density at radius 1 is 1.06 bits per heavy atom. The molecule has 3 aliphatic carbocycles. The van der Waals surface area contributed by atoms with Gasteiger partial charge in [0.1, 0.15) is 30.0 Å². The molecule has 0 saturated heterocycles. The molecule has 3 fully saturated rings. The van der Waals surface area contributed by atoms with Gasteiger partial charge in [-0.05, 0) is 54.5 Å². The Labute approximate surface area is 190 Å². The second kappa shape index (κ2) is 7.46. The fourth-order valence-corrected chi connectivity index (χ4v) is 5.58. The molecule has 3 aliphatic rings. The van der Waals surface area contributed by atoms with E-state index in [1.807, 2.05) is 0 Å². The summed E-state index contributed by atoms with van der Waals surface area (Å²) in [5, 5.41) is 15.1. The van der Waals surface area contributed by atoms with Gasteiger partial charge in [-0.1, -0.05) is 12.1 Å². The Kier molecular flexibility index (Phi) is 4.98. The summed E-state index contributed by atoms with van der Waals surface area (Å²) in [6.07, 6.45) is 2.23. The summed E-state index contributed by atoms with van der Waals surface area (Å²) in [5.74, 6) is -6.11. The summed E-state index contributed by atoms with van der Waals surface area (Å²) in [5.41, 5.74) is -5.29. The van der Waals surface area contributed by atoms with Crippen LogP contribution in [0.3, 0.4) is 0 Å². The number of rotatable bonds is 8. The lowest BCUT2D eigenvalue weighted by molar-refractivity contribution is -0.347. The van der Waals surface area contributed by atoms with Gasteiger partial charge in [-0.3, -0.25) is 0 Å². The van der Waals surface area contributed by atoms with Gasteiger partial charge in [0.2, 0.25) is 0 Å². The van der Waals surface area contributed by atoms with E-state index in [1.54, 1.807) is 12.1 Å². The predicted molar refractivity (Wildman–Crippen MR) is 106 cm³/mol. The Bertz CT molecular complexity index is 1180. The molecule has 2 bridgehead atoms.